The van der Waals surface area contributed by atoms with Crippen LogP contribution in [0.1, 0.15) is 32.1 Å². The third kappa shape index (κ3) is 2.40. The topological polar surface area (TPSA) is 38.3 Å². The molecule has 1 N–H and O–H groups in total. The Kier molecular flexibility index (Phi) is 3.56. The van der Waals surface area contributed by atoms with E-state index in [9.17, 15) is 4.79 Å². The monoisotopic (exact) mass is 319 g/mol. The maximum Gasteiger partial charge on any atom is 0.228 e. The third-order valence-electron chi connectivity index (χ3n) is 5.95. The summed E-state index contributed by atoms with van der Waals surface area (Å²) in [7, 11) is 1.59. The van der Waals surface area contributed by atoms with E-state index in [0.717, 1.165) is 17.5 Å². The average Bonchev–Trinajstić information content (AvgIpc) is 2.46. The third-order valence-corrected chi connectivity index (χ3v) is 6.24. The Hall–Kier alpha value is -1.22. The van der Waals surface area contributed by atoms with E-state index in [2.05, 4.69) is 5.32 Å². The lowest BCUT2D eigenvalue weighted by atomic mass is 9.51. The van der Waals surface area contributed by atoms with Crippen LogP contribution in [0.3, 0.4) is 0 Å². The second kappa shape index (κ2) is 5.45. The Morgan fingerprint density at radius 3 is 2.32 bits per heavy atom. The van der Waals surface area contributed by atoms with Crippen LogP contribution in [0, 0.1) is 29.6 Å². The van der Waals surface area contributed by atoms with Gasteiger partial charge in [-0.1, -0.05) is 11.6 Å². The van der Waals surface area contributed by atoms with Crippen LogP contribution in [0.15, 0.2) is 18.2 Å². The van der Waals surface area contributed by atoms with Gasteiger partial charge < -0.3 is 10.1 Å². The molecule has 4 heteroatoms. The first kappa shape index (κ1) is 14.4. The van der Waals surface area contributed by atoms with E-state index in [1.807, 2.05) is 6.07 Å². The van der Waals surface area contributed by atoms with E-state index >= 15 is 0 Å². The molecule has 4 aliphatic rings. The molecule has 22 heavy (non-hydrogen) atoms. The van der Waals surface area contributed by atoms with Crippen molar-refractivity contribution in [2.45, 2.75) is 32.1 Å². The zero-order chi connectivity index (χ0) is 15.3. The number of rotatable bonds is 3. The lowest BCUT2D eigenvalue weighted by Crippen LogP contribution is -2.49. The Bertz CT molecular complexity index is 573. The summed E-state index contributed by atoms with van der Waals surface area (Å²) in [5.74, 6) is 4.01. The molecule has 118 valence electrons. The molecule has 0 radical (unpaired) electrons. The molecule has 4 fully saturated rings. The van der Waals surface area contributed by atoms with Gasteiger partial charge in [0.05, 0.1) is 12.1 Å². The number of methoxy groups -OCH3 is 1. The number of amides is 1. The molecule has 4 aliphatic carbocycles. The van der Waals surface area contributed by atoms with Crippen molar-refractivity contribution in [3.63, 3.8) is 0 Å². The van der Waals surface area contributed by atoms with Crippen molar-refractivity contribution in [2.75, 3.05) is 12.4 Å². The van der Waals surface area contributed by atoms with E-state index in [4.69, 9.17) is 16.3 Å². The molecule has 4 bridgehead atoms. The zero-order valence-electron chi connectivity index (χ0n) is 12.8. The minimum Gasteiger partial charge on any atom is -0.495 e. The Balaban J connectivity index is 1.49. The second-order valence-electron chi connectivity index (χ2n) is 7.30. The Morgan fingerprint density at radius 2 is 1.77 bits per heavy atom. The molecule has 1 amide bonds. The first-order valence-corrected chi connectivity index (χ1v) is 8.66. The maximum atomic E-state index is 12.8. The summed E-state index contributed by atoms with van der Waals surface area (Å²) >= 11 is 6.14. The summed E-state index contributed by atoms with van der Waals surface area (Å²) in [5, 5.41) is 3.62. The molecular weight excluding hydrogens is 298 g/mol. The molecule has 5 rings (SSSR count). The number of hydrogen-bond acceptors (Lipinski definition) is 2. The molecule has 4 saturated carbocycles. The highest BCUT2D eigenvalue weighted by molar-refractivity contribution is 6.32. The number of halogens is 1. The quantitative estimate of drug-likeness (QED) is 0.899. The summed E-state index contributed by atoms with van der Waals surface area (Å²) < 4.78 is 5.15. The van der Waals surface area contributed by atoms with Crippen LogP contribution in [-0.4, -0.2) is 13.0 Å². The highest BCUT2D eigenvalue weighted by Crippen LogP contribution is 2.56. The summed E-state index contributed by atoms with van der Waals surface area (Å²) in [4.78, 5) is 12.8. The number of ether oxygens (including phenoxy) is 1. The summed E-state index contributed by atoms with van der Waals surface area (Å²) in [5.41, 5.74) is 0.768. The molecular formula is C18H22ClNO2. The lowest BCUT2D eigenvalue weighted by Gasteiger charge is -2.53. The van der Waals surface area contributed by atoms with Crippen LogP contribution in [0.4, 0.5) is 5.69 Å². The van der Waals surface area contributed by atoms with Gasteiger partial charge in [0.1, 0.15) is 5.75 Å². The largest absolute Gasteiger partial charge is 0.495 e. The standard InChI is InChI=1S/C18H22ClNO2/c1-22-16-3-2-14(9-15(16)19)20-18(21)17-12-5-10-4-11(7-12)8-13(17)6-10/h2-3,9-13,17H,4-8H2,1H3,(H,20,21). The van der Waals surface area contributed by atoms with Crippen molar-refractivity contribution in [3.05, 3.63) is 23.2 Å². The van der Waals surface area contributed by atoms with E-state index in [0.29, 0.717) is 22.6 Å². The number of nitrogens with one attached hydrogen (secondary N) is 1. The summed E-state index contributed by atoms with van der Waals surface area (Å²) in [6, 6.07) is 5.43. The predicted octanol–water partition coefficient (Wildman–Crippen LogP) is 4.36. The van der Waals surface area contributed by atoms with Gasteiger partial charge in [-0.15, -0.1) is 0 Å². The molecule has 0 spiro atoms. The molecule has 1 aromatic rings. The second-order valence-corrected chi connectivity index (χ2v) is 7.70. The number of carbonyl (C=O) groups excluding carboxylic acids is 1. The van der Waals surface area contributed by atoms with E-state index in [-0.39, 0.29) is 11.8 Å². The van der Waals surface area contributed by atoms with Gasteiger partial charge in [-0.25, -0.2) is 0 Å². The maximum absolute atomic E-state index is 12.8. The van der Waals surface area contributed by atoms with Crippen molar-refractivity contribution >= 4 is 23.2 Å². The van der Waals surface area contributed by atoms with E-state index < -0.39 is 0 Å². The van der Waals surface area contributed by atoms with Crippen LogP contribution in [0.25, 0.3) is 0 Å². The summed E-state index contributed by atoms with van der Waals surface area (Å²) in [6.45, 7) is 0. The first-order valence-electron chi connectivity index (χ1n) is 8.28. The van der Waals surface area contributed by atoms with Crippen LogP contribution in [0.5, 0.6) is 5.75 Å². The normalized spacial score (nSPS) is 35.5. The lowest BCUT2D eigenvalue weighted by molar-refractivity contribution is -0.132. The van der Waals surface area contributed by atoms with Gasteiger partial charge >= 0.3 is 0 Å². The average molecular weight is 320 g/mol. The fourth-order valence-corrected chi connectivity index (χ4v) is 5.58. The molecule has 0 atom stereocenters. The Morgan fingerprint density at radius 1 is 1.14 bits per heavy atom. The number of anilines is 1. The minimum absolute atomic E-state index is 0.190. The highest BCUT2D eigenvalue weighted by atomic mass is 35.5. The van der Waals surface area contributed by atoms with Crippen molar-refractivity contribution < 1.29 is 9.53 Å². The van der Waals surface area contributed by atoms with Crippen LogP contribution < -0.4 is 10.1 Å². The van der Waals surface area contributed by atoms with Crippen molar-refractivity contribution in [1.82, 2.24) is 0 Å². The van der Waals surface area contributed by atoms with Crippen molar-refractivity contribution in [3.8, 4) is 5.75 Å². The van der Waals surface area contributed by atoms with Crippen LogP contribution in [-0.2, 0) is 4.79 Å². The molecule has 0 unspecified atom stereocenters. The molecule has 0 aliphatic heterocycles. The highest BCUT2D eigenvalue weighted by Gasteiger charge is 2.50. The summed E-state index contributed by atoms with van der Waals surface area (Å²) in [6.07, 6.45) is 6.45. The van der Waals surface area contributed by atoms with E-state index in [1.165, 1.54) is 32.1 Å². The fourth-order valence-electron chi connectivity index (χ4n) is 5.32. The van der Waals surface area contributed by atoms with Gasteiger partial charge in [0.25, 0.3) is 0 Å². The van der Waals surface area contributed by atoms with Gasteiger partial charge in [0.2, 0.25) is 5.91 Å². The molecule has 0 heterocycles. The molecule has 0 aromatic heterocycles. The number of carbonyl (C=O) groups is 1. The minimum atomic E-state index is 0.190. The van der Waals surface area contributed by atoms with Crippen LogP contribution in [0.2, 0.25) is 5.02 Å². The fraction of sp³-hybridized carbons (Fsp3) is 0.611. The van der Waals surface area contributed by atoms with Gasteiger partial charge in [0, 0.05) is 11.6 Å². The van der Waals surface area contributed by atoms with Crippen LogP contribution >= 0.6 is 11.6 Å². The predicted molar refractivity (Wildman–Crippen MR) is 87.2 cm³/mol. The van der Waals surface area contributed by atoms with Gasteiger partial charge in [-0.2, -0.15) is 0 Å². The molecule has 0 saturated heterocycles. The van der Waals surface area contributed by atoms with E-state index in [1.54, 1.807) is 19.2 Å². The van der Waals surface area contributed by atoms with Gasteiger partial charge in [-0.3, -0.25) is 4.79 Å². The Labute approximate surface area is 136 Å². The zero-order valence-corrected chi connectivity index (χ0v) is 13.6. The first-order chi connectivity index (χ1) is 10.6. The molecule has 3 nitrogen and oxygen atoms in total. The van der Waals surface area contributed by atoms with Gasteiger partial charge in [-0.05, 0) is 74.0 Å². The number of benzene rings is 1. The number of hydrogen-bond donors (Lipinski definition) is 1. The van der Waals surface area contributed by atoms with Gasteiger partial charge in [0.15, 0.2) is 0 Å². The van der Waals surface area contributed by atoms with Crippen molar-refractivity contribution in [2.24, 2.45) is 29.6 Å². The SMILES string of the molecule is COc1ccc(NC(=O)C2C3CC4CC(C3)CC2C4)cc1Cl. The smallest absolute Gasteiger partial charge is 0.228 e. The molecule has 1 aromatic carbocycles. The van der Waals surface area contributed by atoms with Crippen molar-refractivity contribution in [1.29, 1.82) is 0 Å².